The van der Waals surface area contributed by atoms with E-state index in [4.69, 9.17) is 4.74 Å². The molecule has 0 N–H and O–H groups in total. The Balaban J connectivity index is 1.83. The molecule has 0 radical (unpaired) electrons. The van der Waals surface area contributed by atoms with Gasteiger partial charge in [0.05, 0.1) is 31.4 Å². The molecular formula is C14H15BrN2O3. The Morgan fingerprint density at radius 2 is 1.95 bits per heavy atom. The van der Waals surface area contributed by atoms with Crippen LogP contribution in [0.4, 0.5) is 5.69 Å². The third-order valence-corrected chi connectivity index (χ3v) is 4.17. The van der Waals surface area contributed by atoms with Gasteiger partial charge in [0.15, 0.2) is 0 Å². The van der Waals surface area contributed by atoms with Crippen LogP contribution < -0.4 is 4.90 Å². The Hall–Kier alpha value is -1.24. The first-order valence-corrected chi connectivity index (χ1v) is 7.40. The highest BCUT2D eigenvalue weighted by Crippen LogP contribution is 2.27. The average molecular weight is 339 g/mol. The van der Waals surface area contributed by atoms with Crippen LogP contribution in [0.3, 0.4) is 0 Å². The monoisotopic (exact) mass is 338 g/mol. The lowest BCUT2D eigenvalue weighted by Gasteiger charge is -2.30. The molecule has 0 spiro atoms. The van der Waals surface area contributed by atoms with E-state index >= 15 is 0 Å². The predicted molar refractivity (Wildman–Crippen MR) is 77.4 cm³/mol. The normalized spacial score (nSPS) is 24.4. The van der Waals surface area contributed by atoms with Crippen LogP contribution in [0.1, 0.15) is 6.42 Å². The van der Waals surface area contributed by atoms with E-state index in [9.17, 15) is 9.59 Å². The van der Waals surface area contributed by atoms with Crippen LogP contribution in [0.2, 0.25) is 0 Å². The van der Waals surface area contributed by atoms with E-state index < -0.39 is 0 Å². The first kappa shape index (κ1) is 13.7. The van der Waals surface area contributed by atoms with Crippen LogP contribution in [0, 0.1) is 0 Å². The number of hydrogen-bond donors (Lipinski definition) is 0. The third kappa shape index (κ3) is 2.51. The topological polar surface area (TPSA) is 49.9 Å². The minimum atomic E-state index is -0.342. The summed E-state index contributed by atoms with van der Waals surface area (Å²) < 4.78 is 6.14. The molecule has 0 saturated carbocycles. The summed E-state index contributed by atoms with van der Waals surface area (Å²) in [5, 5.41) is 0. The van der Waals surface area contributed by atoms with E-state index in [1.165, 1.54) is 4.90 Å². The number of anilines is 1. The van der Waals surface area contributed by atoms with Gasteiger partial charge in [-0.15, -0.1) is 0 Å². The Morgan fingerprint density at radius 1 is 1.20 bits per heavy atom. The van der Waals surface area contributed by atoms with Gasteiger partial charge in [0.25, 0.3) is 5.91 Å². The quantitative estimate of drug-likeness (QED) is 0.765. The fraction of sp³-hybridized carbons (Fsp3) is 0.429. The van der Waals surface area contributed by atoms with Crippen LogP contribution >= 0.6 is 15.9 Å². The minimum Gasteiger partial charge on any atom is -0.379 e. The maximum absolute atomic E-state index is 12.5. The maximum atomic E-state index is 12.5. The van der Waals surface area contributed by atoms with Gasteiger partial charge in [-0.05, 0) is 18.2 Å². The second-order valence-corrected chi connectivity index (χ2v) is 5.83. The number of ether oxygens (including phenoxy) is 1. The van der Waals surface area contributed by atoms with Crippen LogP contribution in [-0.4, -0.2) is 49.1 Å². The Morgan fingerprint density at radius 3 is 2.65 bits per heavy atom. The Labute approximate surface area is 125 Å². The van der Waals surface area contributed by atoms with Gasteiger partial charge in [-0.2, -0.15) is 0 Å². The molecule has 1 atom stereocenters. The Bertz CT molecular complexity index is 543. The van der Waals surface area contributed by atoms with Crippen molar-refractivity contribution in [3.05, 3.63) is 28.7 Å². The van der Waals surface area contributed by atoms with Crippen LogP contribution in [-0.2, 0) is 14.3 Å². The van der Waals surface area contributed by atoms with Crippen molar-refractivity contribution in [3.63, 3.8) is 0 Å². The van der Waals surface area contributed by atoms with E-state index in [0.717, 1.165) is 4.47 Å². The van der Waals surface area contributed by atoms with Gasteiger partial charge < -0.3 is 4.74 Å². The summed E-state index contributed by atoms with van der Waals surface area (Å²) in [6.45, 7) is 2.65. The number of benzene rings is 1. The highest BCUT2D eigenvalue weighted by molar-refractivity contribution is 9.10. The lowest BCUT2D eigenvalue weighted by Crippen LogP contribution is -2.47. The molecule has 1 aromatic carbocycles. The molecule has 2 aliphatic rings. The number of nitrogens with zero attached hydrogens (tertiary/aromatic N) is 2. The van der Waals surface area contributed by atoms with Crippen LogP contribution in [0.25, 0.3) is 0 Å². The summed E-state index contributed by atoms with van der Waals surface area (Å²) in [6, 6.07) is 6.92. The van der Waals surface area contributed by atoms with E-state index in [0.29, 0.717) is 32.0 Å². The van der Waals surface area contributed by atoms with Crippen molar-refractivity contribution >= 4 is 33.4 Å². The molecule has 3 rings (SSSR count). The summed E-state index contributed by atoms with van der Waals surface area (Å²) in [5.41, 5.74) is 0.630. The van der Waals surface area contributed by atoms with E-state index in [1.54, 1.807) is 12.1 Å². The standard InChI is InChI=1S/C14H15BrN2O3/c15-10-2-1-3-11(8-10)17-13(18)9-12(14(17)19)16-4-6-20-7-5-16/h1-3,8,12H,4-7,9H2/t12-/m1/s1. The van der Waals surface area contributed by atoms with E-state index in [2.05, 4.69) is 15.9 Å². The fourth-order valence-electron chi connectivity index (χ4n) is 2.68. The van der Waals surface area contributed by atoms with Gasteiger partial charge in [0.1, 0.15) is 0 Å². The number of hydrogen-bond acceptors (Lipinski definition) is 4. The molecule has 0 aliphatic carbocycles. The average Bonchev–Trinajstić information content (AvgIpc) is 2.75. The molecule has 2 heterocycles. The summed E-state index contributed by atoms with van der Waals surface area (Å²) in [7, 11) is 0. The molecule has 2 aliphatic heterocycles. The number of carbonyl (C=O) groups is 2. The van der Waals surface area contributed by atoms with E-state index in [-0.39, 0.29) is 24.3 Å². The largest absolute Gasteiger partial charge is 0.379 e. The molecule has 1 aromatic rings. The van der Waals surface area contributed by atoms with Crippen molar-refractivity contribution < 1.29 is 14.3 Å². The van der Waals surface area contributed by atoms with E-state index in [1.807, 2.05) is 17.0 Å². The van der Waals surface area contributed by atoms with Crippen molar-refractivity contribution in [2.24, 2.45) is 0 Å². The van der Waals surface area contributed by atoms with Crippen LogP contribution in [0.15, 0.2) is 28.7 Å². The summed E-state index contributed by atoms with van der Waals surface area (Å²) in [4.78, 5) is 28.1. The molecule has 0 aromatic heterocycles. The van der Waals surface area contributed by atoms with Crippen molar-refractivity contribution in [3.8, 4) is 0 Å². The lowest BCUT2D eigenvalue weighted by atomic mass is 10.2. The highest BCUT2D eigenvalue weighted by Gasteiger charge is 2.42. The fourth-order valence-corrected chi connectivity index (χ4v) is 3.06. The lowest BCUT2D eigenvalue weighted by molar-refractivity contribution is -0.123. The molecule has 6 heteroatoms. The summed E-state index contributed by atoms with van der Waals surface area (Å²) >= 11 is 3.36. The second kappa shape index (κ2) is 5.63. The first-order valence-electron chi connectivity index (χ1n) is 6.61. The molecule has 2 saturated heterocycles. The number of morpholine rings is 1. The van der Waals surface area contributed by atoms with Gasteiger partial charge in [-0.1, -0.05) is 22.0 Å². The van der Waals surface area contributed by atoms with Crippen molar-refractivity contribution in [1.29, 1.82) is 0 Å². The molecule has 5 nitrogen and oxygen atoms in total. The summed E-state index contributed by atoms with van der Waals surface area (Å²) in [5.74, 6) is -0.264. The molecule has 20 heavy (non-hydrogen) atoms. The number of imide groups is 1. The second-order valence-electron chi connectivity index (χ2n) is 4.92. The molecule has 2 amide bonds. The van der Waals surface area contributed by atoms with Crippen molar-refractivity contribution in [2.45, 2.75) is 12.5 Å². The van der Waals surface area contributed by atoms with Crippen molar-refractivity contribution in [1.82, 2.24) is 4.90 Å². The van der Waals surface area contributed by atoms with Gasteiger partial charge in [0, 0.05) is 17.6 Å². The molecular weight excluding hydrogens is 324 g/mol. The maximum Gasteiger partial charge on any atom is 0.251 e. The molecule has 0 unspecified atom stereocenters. The summed E-state index contributed by atoms with van der Waals surface area (Å²) in [6.07, 6.45) is 0.255. The highest BCUT2D eigenvalue weighted by atomic mass is 79.9. The zero-order valence-corrected chi connectivity index (χ0v) is 12.5. The SMILES string of the molecule is O=C1C[C@@H](N2CCOCC2)C(=O)N1c1cccc(Br)c1. The molecule has 106 valence electrons. The Kier molecular flexibility index (Phi) is 3.87. The van der Waals surface area contributed by atoms with Crippen molar-refractivity contribution in [2.75, 3.05) is 31.2 Å². The zero-order valence-electron chi connectivity index (χ0n) is 10.9. The molecule has 2 fully saturated rings. The number of rotatable bonds is 2. The minimum absolute atomic E-state index is 0.130. The van der Waals surface area contributed by atoms with Crippen LogP contribution in [0.5, 0.6) is 0 Å². The number of amides is 2. The van der Waals surface area contributed by atoms with Gasteiger partial charge in [0.2, 0.25) is 5.91 Å². The zero-order chi connectivity index (χ0) is 14.1. The van der Waals surface area contributed by atoms with Gasteiger partial charge in [-0.3, -0.25) is 14.5 Å². The number of halogens is 1. The van der Waals surface area contributed by atoms with Gasteiger partial charge >= 0.3 is 0 Å². The first-order chi connectivity index (χ1) is 9.66. The third-order valence-electron chi connectivity index (χ3n) is 3.68. The number of carbonyl (C=O) groups excluding carboxylic acids is 2. The smallest absolute Gasteiger partial charge is 0.251 e. The predicted octanol–water partition coefficient (Wildman–Crippen LogP) is 1.41. The van der Waals surface area contributed by atoms with Gasteiger partial charge in [-0.25, -0.2) is 4.90 Å². The molecule has 0 bridgehead atoms.